The summed E-state index contributed by atoms with van der Waals surface area (Å²) >= 11 is 0. The molecule has 3 rings (SSSR count). The van der Waals surface area contributed by atoms with Gasteiger partial charge in [-0.25, -0.2) is 5.43 Å². The number of hydrogen-bond donors (Lipinski definition) is 2. The Kier molecular flexibility index (Phi) is 5.07. The molecule has 1 amide bonds. The van der Waals surface area contributed by atoms with Crippen molar-refractivity contribution in [3.63, 3.8) is 0 Å². The molecule has 0 atom stereocenters. The molecule has 2 N–H and O–H groups in total. The molecule has 7 nitrogen and oxygen atoms in total. The zero-order valence-electron chi connectivity index (χ0n) is 14.7. The highest BCUT2D eigenvalue weighted by Gasteiger charge is 2.13. The van der Waals surface area contributed by atoms with Crippen LogP contribution in [0, 0.1) is 0 Å². The number of benzene rings is 2. The number of carbonyl (C=O) groups excluding carboxylic acids is 1. The third-order valence-electron chi connectivity index (χ3n) is 3.95. The van der Waals surface area contributed by atoms with E-state index in [9.17, 15) is 4.79 Å². The van der Waals surface area contributed by atoms with Crippen molar-refractivity contribution in [2.45, 2.75) is 0 Å². The van der Waals surface area contributed by atoms with Gasteiger partial charge in [-0.2, -0.15) is 5.10 Å². The smallest absolute Gasteiger partial charge is 0.273 e. The molecule has 1 heterocycles. The molecule has 0 aliphatic carbocycles. The molecular formula is C19H19N3O4. The van der Waals surface area contributed by atoms with Gasteiger partial charge in [0, 0.05) is 29.2 Å². The fraction of sp³-hybridized carbons (Fsp3) is 0.158. The van der Waals surface area contributed by atoms with E-state index in [1.54, 1.807) is 25.4 Å². The van der Waals surface area contributed by atoms with Crippen LogP contribution in [0.5, 0.6) is 17.2 Å². The fourth-order valence-corrected chi connectivity index (χ4v) is 2.63. The molecule has 7 heteroatoms. The Morgan fingerprint density at radius 3 is 2.42 bits per heavy atom. The number of nitrogens with one attached hydrogen (secondary N) is 2. The van der Waals surface area contributed by atoms with E-state index < -0.39 is 0 Å². The summed E-state index contributed by atoms with van der Waals surface area (Å²) < 4.78 is 15.9. The van der Waals surface area contributed by atoms with Crippen molar-refractivity contribution < 1.29 is 19.0 Å². The molecule has 3 aromatic rings. The van der Waals surface area contributed by atoms with Crippen molar-refractivity contribution in [2.24, 2.45) is 5.10 Å². The second-order valence-corrected chi connectivity index (χ2v) is 5.39. The van der Waals surface area contributed by atoms with Crippen molar-refractivity contribution in [1.29, 1.82) is 0 Å². The Morgan fingerprint density at radius 2 is 1.77 bits per heavy atom. The van der Waals surface area contributed by atoms with Crippen molar-refractivity contribution in [3.8, 4) is 17.2 Å². The van der Waals surface area contributed by atoms with Gasteiger partial charge in [-0.15, -0.1) is 0 Å². The number of aromatic amines is 1. The second-order valence-electron chi connectivity index (χ2n) is 5.39. The summed E-state index contributed by atoms with van der Waals surface area (Å²) in [6.07, 6.45) is 3.13. The van der Waals surface area contributed by atoms with Crippen LogP contribution in [0.2, 0.25) is 0 Å². The zero-order chi connectivity index (χ0) is 18.5. The number of methoxy groups -OCH3 is 3. The van der Waals surface area contributed by atoms with Gasteiger partial charge in [0.15, 0.2) is 0 Å². The van der Waals surface area contributed by atoms with Crippen LogP contribution in [-0.4, -0.2) is 38.4 Å². The lowest BCUT2D eigenvalue weighted by Gasteiger charge is -2.12. The van der Waals surface area contributed by atoms with Gasteiger partial charge in [0.05, 0.1) is 38.7 Å². The van der Waals surface area contributed by atoms with Crippen LogP contribution < -0.4 is 19.6 Å². The van der Waals surface area contributed by atoms with E-state index in [2.05, 4.69) is 15.5 Å². The molecule has 0 saturated carbocycles. The average molecular weight is 353 g/mol. The minimum absolute atomic E-state index is 0.315. The van der Waals surface area contributed by atoms with E-state index in [0.717, 1.165) is 10.9 Å². The Morgan fingerprint density at radius 1 is 1.08 bits per heavy atom. The van der Waals surface area contributed by atoms with Gasteiger partial charge in [-0.05, 0) is 6.07 Å². The lowest BCUT2D eigenvalue weighted by Crippen LogP contribution is -2.17. The van der Waals surface area contributed by atoms with Crippen LogP contribution in [0.15, 0.2) is 47.7 Å². The van der Waals surface area contributed by atoms with Gasteiger partial charge in [0.1, 0.15) is 17.2 Å². The first-order valence-corrected chi connectivity index (χ1v) is 7.87. The van der Waals surface area contributed by atoms with Crippen molar-refractivity contribution in [2.75, 3.05) is 21.3 Å². The fourth-order valence-electron chi connectivity index (χ4n) is 2.63. The molecule has 134 valence electrons. The molecule has 2 aromatic carbocycles. The van der Waals surface area contributed by atoms with E-state index in [1.165, 1.54) is 20.4 Å². The first kappa shape index (κ1) is 17.3. The molecule has 0 spiro atoms. The number of carbonyl (C=O) groups is 1. The van der Waals surface area contributed by atoms with Gasteiger partial charge in [0.25, 0.3) is 5.91 Å². The molecule has 0 bridgehead atoms. The average Bonchev–Trinajstić information content (AvgIpc) is 3.11. The standard InChI is InChI=1S/C19H19N3O4/c1-24-12-8-17(25-2)15(18(9-12)26-3)11-21-22-19(23)14-10-20-16-7-5-4-6-13(14)16/h4-11,20H,1-3H3,(H,22,23)/b21-11+. The van der Waals surface area contributed by atoms with Gasteiger partial charge in [-0.1, -0.05) is 18.2 Å². The van der Waals surface area contributed by atoms with E-state index in [4.69, 9.17) is 14.2 Å². The predicted molar refractivity (Wildman–Crippen MR) is 99.5 cm³/mol. The SMILES string of the molecule is COc1cc(OC)c(/C=N/NC(=O)c2c[nH]c3ccccc23)c(OC)c1. The van der Waals surface area contributed by atoms with Gasteiger partial charge < -0.3 is 19.2 Å². The van der Waals surface area contributed by atoms with Crippen LogP contribution >= 0.6 is 0 Å². The lowest BCUT2D eigenvalue weighted by molar-refractivity contribution is 0.0957. The number of rotatable bonds is 6. The molecular weight excluding hydrogens is 334 g/mol. The summed E-state index contributed by atoms with van der Waals surface area (Å²) in [5.41, 5.74) is 4.53. The summed E-state index contributed by atoms with van der Waals surface area (Å²) in [5.74, 6) is 1.32. The number of amides is 1. The number of para-hydroxylation sites is 1. The summed E-state index contributed by atoms with van der Waals surface area (Å²) in [6, 6.07) is 11.0. The predicted octanol–water partition coefficient (Wildman–Crippen LogP) is 2.96. The van der Waals surface area contributed by atoms with Crippen LogP contribution in [0.25, 0.3) is 10.9 Å². The third-order valence-corrected chi connectivity index (χ3v) is 3.95. The highest BCUT2D eigenvalue weighted by Crippen LogP contribution is 2.32. The topological polar surface area (TPSA) is 84.9 Å². The maximum absolute atomic E-state index is 12.4. The van der Waals surface area contributed by atoms with Gasteiger partial charge >= 0.3 is 0 Å². The monoisotopic (exact) mass is 353 g/mol. The molecule has 0 aliphatic heterocycles. The maximum Gasteiger partial charge on any atom is 0.273 e. The van der Waals surface area contributed by atoms with E-state index >= 15 is 0 Å². The highest BCUT2D eigenvalue weighted by atomic mass is 16.5. The largest absolute Gasteiger partial charge is 0.496 e. The molecule has 0 aliphatic rings. The second kappa shape index (κ2) is 7.60. The van der Waals surface area contributed by atoms with Crippen LogP contribution in [0.4, 0.5) is 0 Å². The van der Waals surface area contributed by atoms with E-state index in [1.807, 2.05) is 24.3 Å². The molecule has 1 aromatic heterocycles. The van der Waals surface area contributed by atoms with Crippen LogP contribution in [0.3, 0.4) is 0 Å². The van der Waals surface area contributed by atoms with Crippen LogP contribution in [-0.2, 0) is 0 Å². The molecule has 0 radical (unpaired) electrons. The van der Waals surface area contributed by atoms with Gasteiger partial charge in [-0.3, -0.25) is 4.79 Å². The summed E-state index contributed by atoms with van der Waals surface area (Å²) in [4.78, 5) is 15.5. The Bertz CT molecular complexity index is 937. The number of fused-ring (bicyclic) bond motifs is 1. The Balaban J connectivity index is 1.83. The summed E-state index contributed by atoms with van der Waals surface area (Å²) in [6.45, 7) is 0. The first-order chi connectivity index (χ1) is 12.7. The Hall–Kier alpha value is -3.48. The molecule has 0 unspecified atom stereocenters. The minimum Gasteiger partial charge on any atom is -0.496 e. The number of nitrogens with zero attached hydrogens (tertiary/aromatic N) is 1. The molecule has 0 saturated heterocycles. The number of ether oxygens (including phenoxy) is 3. The number of aromatic nitrogens is 1. The van der Waals surface area contributed by atoms with E-state index in [-0.39, 0.29) is 5.91 Å². The van der Waals surface area contributed by atoms with Crippen molar-refractivity contribution in [3.05, 3.63) is 53.7 Å². The maximum atomic E-state index is 12.4. The minimum atomic E-state index is -0.315. The van der Waals surface area contributed by atoms with Gasteiger partial charge in [0.2, 0.25) is 0 Å². The number of hydrazone groups is 1. The zero-order valence-corrected chi connectivity index (χ0v) is 14.7. The Labute approximate surface area is 150 Å². The van der Waals surface area contributed by atoms with Crippen LogP contribution in [0.1, 0.15) is 15.9 Å². The van der Waals surface area contributed by atoms with E-state index in [0.29, 0.717) is 28.4 Å². The normalized spacial score (nSPS) is 10.9. The van der Waals surface area contributed by atoms with Crippen molar-refractivity contribution in [1.82, 2.24) is 10.4 Å². The number of H-pyrrole nitrogens is 1. The first-order valence-electron chi connectivity index (χ1n) is 7.87. The molecule has 0 fully saturated rings. The number of hydrogen-bond acceptors (Lipinski definition) is 5. The lowest BCUT2D eigenvalue weighted by atomic mass is 10.1. The third kappa shape index (κ3) is 3.32. The summed E-state index contributed by atoms with van der Waals surface area (Å²) in [7, 11) is 4.63. The van der Waals surface area contributed by atoms with Crippen molar-refractivity contribution >= 4 is 23.0 Å². The highest BCUT2D eigenvalue weighted by molar-refractivity contribution is 6.06. The summed E-state index contributed by atoms with van der Waals surface area (Å²) in [5, 5.41) is 4.87. The molecule has 26 heavy (non-hydrogen) atoms. The quantitative estimate of drug-likeness (QED) is 0.527.